The van der Waals surface area contributed by atoms with Crippen molar-refractivity contribution in [2.45, 2.75) is 12.7 Å². The van der Waals surface area contributed by atoms with Crippen molar-refractivity contribution in [3.8, 4) is 0 Å². The highest BCUT2D eigenvalue weighted by molar-refractivity contribution is 6.00. The van der Waals surface area contributed by atoms with Crippen LogP contribution in [0.25, 0.3) is 0 Å². The summed E-state index contributed by atoms with van der Waals surface area (Å²) in [6, 6.07) is 4.97. The van der Waals surface area contributed by atoms with E-state index in [0.29, 0.717) is 5.69 Å². The van der Waals surface area contributed by atoms with Crippen LogP contribution < -0.4 is 10.6 Å². The van der Waals surface area contributed by atoms with Crippen LogP contribution in [0, 0.1) is 0 Å². The van der Waals surface area contributed by atoms with Crippen molar-refractivity contribution in [3.05, 3.63) is 47.3 Å². The summed E-state index contributed by atoms with van der Waals surface area (Å²) in [7, 11) is 1.33. The molecule has 8 heteroatoms. The highest BCUT2D eigenvalue weighted by atomic mass is 19.4. The summed E-state index contributed by atoms with van der Waals surface area (Å²) in [5.41, 5.74) is -0.765. The van der Waals surface area contributed by atoms with Gasteiger partial charge in [-0.1, -0.05) is 11.2 Å². The Hall–Kier alpha value is -2.51. The number of para-hydroxylation sites is 1. The van der Waals surface area contributed by atoms with Gasteiger partial charge in [0, 0.05) is 13.1 Å². The van der Waals surface area contributed by atoms with Gasteiger partial charge in [0.1, 0.15) is 12.0 Å². The SMILES string of the molecule is CNc1c(C(=O)NCc2ccon2)cccc1C(F)(F)F. The molecule has 0 atom stereocenters. The monoisotopic (exact) mass is 299 g/mol. The lowest BCUT2D eigenvalue weighted by molar-refractivity contribution is -0.136. The molecule has 0 fully saturated rings. The van der Waals surface area contributed by atoms with Gasteiger partial charge >= 0.3 is 6.18 Å². The third-order valence-electron chi connectivity index (χ3n) is 2.79. The Morgan fingerprint density at radius 3 is 2.67 bits per heavy atom. The van der Waals surface area contributed by atoms with Crippen molar-refractivity contribution in [2.75, 3.05) is 12.4 Å². The molecular weight excluding hydrogens is 287 g/mol. The fourth-order valence-corrected chi connectivity index (χ4v) is 1.84. The number of carbonyl (C=O) groups excluding carboxylic acids is 1. The van der Waals surface area contributed by atoms with Crippen LogP contribution in [-0.2, 0) is 12.7 Å². The molecule has 0 spiro atoms. The summed E-state index contributed by atoms with van der Waals surface area (Å²) in [6.45, 7) is 0.0642. The fraction of sp³-hybridized carbons (Fsp3) is 0.231. The normalized spacial score (nSPS) is 11.2. The van der Waals surface area contributed by atoms with Gasteiger partial charge in [0.15, 0.2) is 0 Å². The van der Waals surface area contributed by atoms with E-state index in [4.69, 9.17) is 0 Å². The van der Waals surface area contributed by atoms with E-state index in [-0.39, 0.29) is 17.8 Å². The molecule has 5 nitrogen and oxygen atoms in total. The maximum absolute atomic E-state index is 12.9. The number of benzene rings is 1. The second kappa shape index (κ2) is 5.86. The van der Waals surface area contributed by atoms with Gasteiger partial charge in [0.2, 0.25) is 0 Å². The highest BCUT2D eigenvalue weighted by Gasteiger charge is 2.34. The third kappa shape index (κ3) is 3.33. The van der Waals surface area contributed by atoms with Crippen LogP contribution >= 0.6 is 0 Å². The van der Waals surface area contributed by atoms with E-state index in [1.165, 1.54) is 25.4 Å². The number of hydrogen-bond donors (Lipinski definition) is 2. The molecule has 2 N–H and O–H groups in total. The average molecular weight is 299 g/mol. The van der Waals surface area contributed by atoms with Gasteiger partial charge in [-0.25, -0.2) is 0 Å². The topological polar surface area (TPSA) is 67.2 Å². The van der Waals surface area contributed by atoms with Crippen LogP contribution in [0.5, 0.6) is 0 Å². The van der Waals surface area contributed by atoms with E-state index in [1.807, 2.05) is 0 Å². The minimum atomic E-state index is -4.54. The van der Waals surface area contributed by atoms with E-state index in [9.17, 15) is 18.0 Å². The van der Waals surface area contributed by atoms with Gasteiger partial charge in [-0.05, 0) is 12.1 Å². The molecular formula is C13H12F3N3O2. The van der Waals surface area contributed by atoms with Crippen LogP contribution in [0.2, 0.25) is 0 Å². The first-order valence-electron chi connectivity index (χ1n) is 5.99. The molecule has 0 aliphatic rings. The lowest BCUT2D eigenvalue weighted by Crippen LogP contribution is -2.25. The number of hydrogen-bond acceptors (Lipinski definition) is 4. The van der Waals surface area contributed by atoms with Gasteiger partial charge in [0.05, 0.1) is 23.4 Å². The zero-order valence-electron chi connectivity index (χ0n) is 11.0. The maximum atomic E-state index is 12.9. The Morgan fingerprint density at radius 2 is 2.10 bits per heavy atom. The number of alkyl halides is 3. The minimum absolute atomic E-state index is 0.0642. The third-order valence-corrected chi connectivity index (χ3v) is 2.79. The minimum Gasteiger partial charge on any atom is -0.387 e. The molecule has 0 bridgehead atoms. The van der Waals surface area contributed by atoms with Crippen LogP contribution in [-0.4, -0.2) is 18.1 Å². The van der Waals surface area contributed by atoms with Crippen molar-refractivity contribution in [2.24, 2.45) is 0 Å². The number of anilines is 1. The van der Waals surface area contributed by atoms with Gasteiger partial charge in [-0.2, -0.15) is 13.2 Å². The predicted octanol–water partition coefficient (Wildman–Crippen LogP) is 2.67. The Bertz CT molecular complexity index is 624. The van der Waals surface area contributed by atoms with Crippen molar-refractivity contribution in [3.63, 3.8) is 0 Å². The number of rotatable bonds is 4. The van der Waals surface area contributed by atoms with Gasteiger partial charge < -0.3 is 15.2 Å². The Morgan fingerprint density at radius 1 is 1.33 bits per heavy atom. The van der Waals surface area contributed by atoms with Crippen LogP contribution in [0.15, 0.2) is 35.1 Å². The molecule has 0 aliphatic heterocycles. The quantitative estimate of drug-likeness (QED) is 0.911. The Kier molecular flexibility index (Phi) is 4.15. The number of nitrogens with zero attached hydrogens (tertiary/aromatic N) is 1. The maximum Gasteiger partial charge on any atom is 0.418 e. The highest BCUT2D eigenvalue weighted by Crippen LogP contribution is 2.36. The van der Waals surface area contributed by atoms with E-state index in [0.717, 1.165) is 6.07 Å². The molecule has 1 aromatic carbocycles. The molecule has 2 aromatic rings. The molecule has 21 heavy (non-hydrogen) atoms. The lowest BCUT2D eigenvalue weighted by atomic mass is 10.1. The molecule has 1 heterocycles. The lowest BCUT2D eigenvalue weighted by Gasteiger charge is -2.16. The van der Waals surface area contributed by atoms with Crippen LogP contribution in [0.4, 0.5) is 18.9 Å². The summed E-state index contributed by atoms with van der Waals surface area (Å²) in [5.74, 6) is -0.631. The van der Waals surface area contributed by atoms with E-state index >= 15 is 0 Å². The Balaban J connectivity index is 2.24. The predicted molar refractivity (Wildman–Crippen MR) is 68.7 cm³/mol. The molecule has 0 saturated carbocycles. The molecule has 1 aromatic heterocycles. The molecule has 0 aliphatic carbocycles. The molecule has 0 radical (unpaired) electrons. The summed E-state index contributed by atoms with van der Waals surface area (Å²) < 4.78 is 43.3. The number of carbonyl (C=O) groups is 1. The molecule has 2 rings (SSSR count). The van der Waals surface area contributed by atoms with E-state index in [2.05, 4.69) is 20.3 Å². The largest absolute Gasteiger partial charge is 0.418 e. The van der Waals surface area contributed by atoms with Gasteiger partial charge in [-0.3, -0.25) is 4.79 Å². The number of amides is 1. The first kappa shape index (κ1) is 14.9. The Labute approximate surface area is 118 Å². The van der Waals surface area contributed by atoms with Crippen LogP contribution in [0.1, 0.15) is 21.6 Å². The molecule has 1 amide bonds. The smallest absolute Gasteiger partial charge is 0.387 e. The van der Waals surface area contributed by atoms with Gasteiger partial charge in [-0.15, -0.1) is 0 Å². The fourth-order valence-electron chi connectivity index (χ4n) is 1.84. The molecule has 112 valence electrons. The van der Waals surface area contributed by atoms with Crippen molar-refractivity contribution < 1.29 is 22.5 Å². The number of halogens is 3. The average Bonchev–Trinajstić information content (AvgIpc) is 2.96. The zero-order valence-corrected chi connectivity index (χ0v) is 11.0. The van der Waals surface area contributed by atoms with Crippen molar-refractivity contribution >= 4 is 11.6 Å². The second-order valence-corrected chi connectivity index (χ2v) is 4.15. The molecule has 0 unspecified atom stereocenters. The summed E-state index contributed by atoms with van der Waals surface area (Å²) >= 11 is 0. The van der Waals surface area contributed by atoms with E-state index < -0.39 is 17.6 Å². The van der Waals surface area contributed by atoms with E-state index in [1.54, 1.807) is 6.07 Å². The molecule has 0 saturated heterocycles. The van der Waals surface area contributed by atoms with Crippen LogP contribution in [0.3, 0.4) is 0 Å². The summed E-state index contributed by atoms with van der Waals surface area (Å²) in [6.07, 6.45) is -3.20. The second-order valence-electron chi connectivity index (χ2n) is 4.15. The number of aromatic nitrogens is 1. The zero-order chi connectivity index (χ0) is 15.5. The standard InChI is InChI=1S/C13H12F3N3O2/c1-17-11-9(3-2-4-10(11)13(14,15)16)12(20)18-7-8-5-6-21-19-8/h2-6,17H,7H2,1H3,(H,18,20). The van der Waals surface area contributed by atoms with Crippen molar-refractivity contribution in [1.82, 2.24) is 10.5 Å². The number of nitrogens with one attached hydrogen (secondary N) is 2. The first-order chi connectivity index (χ1) is 9.93. The van der Waals surface area contributed by atoms with Gasteiger partial charge in [0.25, 0.3) is 5.91 Å². The summed E-state index contributed by atoms with van der Waals surface area (Å²) in [4.78, 5) is 12.0. The first-order valence-corrected chi connectivity index (χ1v) is 5.99. The summed E-state index contributed by atoms with van der Waals surface area (Å²) in [5, 5.41) is 8.51. The van der Waals surface area contributed by atoms with Crippen molar-refractivity contribution in [1.29, 1.82) is 0 Å².